The van der Waals surface area contributed by atoms with Crippen molar-refractivity contribution in [1.82, 2.24) is 14.5 Å². The third-order valence-corrected chi connectivity index (χ3v) is 3.83. The maximum absolute atomic E-state index is 5.22. The lowest BCUT2D eigenvalue weighted by Crippen LogP contribution is -1.95. The molecule has 4 heteroatoms. The molecule has 2 aromatic heterocycles. The molecule has 0 aliphatic carbocycles. The van der Waals surface area contributed by atoms with Crippen LogP contribution < -0.4 is 4.74 Å². The van der Waals surface area contributed by atoms with Crippen LogP contribution in [0, 0.1) is 6.92 Å². The van der Waals surface area contributed by atoms with E-state index in [1.165, 1.54) is 0 Å². The van der Waals surface area contributed by atoms with Crippen molar-refractivity contribution >= 4 is 22.2 Å². The van der Waals surface area contributed by atoms with Gasteiger partial charge in [-0.15, -0.1) is 0 Å². The zero-order valence-corrected chi connectivity index (χ0v) is 12.4. The van der Waals surface area contributed by atoms with E-state index in [0.29, 0.717) is 0 Å². The zero-order chi connectivity index (χ0) is 15.1. The number of aryl methyl sites for hydroxylation is 1. The molecule has 0 N–H and O–H groups in total. The largest absolute Gasteiger partial charge is 0.497 e. The fraction of sp³-hybridized carbons (Fsp3) is 0.111. The number of hydrogen-bond acceptors (Lipinski definition) is 3. The number of nitrogens with zero attached hydrogens (tertiary/aromatic N) is 3. The van der Waals surface area contributed by atoms with Gasteiger partial charge in [-0.1, -0.05) is 12.1 Å². The summed E-state index contributed by atoms with van der Waals surface area (Å²) in [7, 11) is 1.67. The number of ether oxygens (including phenoxy) is 1. The van der Waals surface area contributed by atoms with Crippen LogP contribution in [0.1, 0.15) is 5.56 Å². The molecule has 0 atom stereocenters. The monoisotopic (exact) mass is 289 g/mol. The molecule has 0 saturated carbocycles. The van der Waals surface area contributed by atoms with Crippen LogP contribution in [0.3, 0.4) is 0 Å². The van der Waals surface area contributed by atoms with E-state index < -0.39 is 0 Å². The van der Waals surface area contributed by atoms with Crippen molar-refractivity contribution in [2.24, 2.45) is 0 Å². The number of para-hydroxylation sites is 2. The predicted molar refractivity (Wildman–Crippen MR) is 87.7 cm³/mol. The predicted octanol–water partition coefficient (Wildman–Crippen LogP) is 3.89. The third-order valence-electron chi connectivity index (χ3n) is 3.83. The van der Waals surface area contributed by atoms with E-state index in [-0.39, 0.29) is 0 Å². The Kier molecular flexibility index (Phi) is 2.82. The molecular formula is C18H15N3O. The highest BCUT2D eigenvalue weighted by Gasteiger charge is 2.11. The van der Waals surface area contributed by atoms with Gasteiger partial charge in [-0.05, 0) is 48.9 Å². The Hall–Kier alpha value is -2.88. The van der Waals surface area contributed by atoms with Crippen molar-refractivity contribution in [3.8, 4) is 11.4 Å². The number of methoxy groups -OCH3 is 1. The summed E-state index contributed by atoms with van der Waals surface area (Å²) < 4.78 is 7.29. The summed E-state index contributed by atoms with van der Waals surface area (Å²) in [4.78, 5) is 9.54. The van der Waals surface area contributed by atoms with E-state index >= 15 is 0 Å². The summed E-state index contributed by atoms with van der Waals surface area (Å²) >= 11 is 0. The molecule has 0 saturated heterocycles. The van der Waals surface area contributed by atoms with Crippen LogP contribution in [0.5, 0.6) is 5.75 Å². The molecule has 0 spiro atoms. The van der Waals surface area contributed by atoms with Crippen LogP contribution in [-0.4, -0.2) is 21.6 Å². The highest BCUT2D eigenvalue weighted by molar-refractivity contribution is 5.87. The van der Waals surface area contributed by atoms with E-state index in [1.807, 2.05) is 48.5 Å². The molecule has 0 fully saturated rings. The van der Waals surface area contributed by atoms with Crippen molar-refractivity contribution in [1.29, 1.82) is 0 Å². The second kappa shape index (κ2) is 4.84. The molecule has 0 aliphatic heterocycles. The van der Waals surface area contributed by atoms with E-state index in [1.54, 1.807) is 7.11 Å². The van der Waals surface area contributed by atoms with Gasteiger partial charge in [0.1, 0.15) is 11.3 Å². The molecule has 108 valence electrons. The molecule has 4 nitrogen and oxygen atoms in total. The first-order valence-corrected chi connectivity index (χ1v) is 7.15. The van der Waals surface area contributed by atoms with Crippen LogP contribution in [0.4, 0.5) is 0 Å². The van der Waals surface area contributed by atoms with Gasteiger partial charge >= 0.3 is 0 Å². The fourth-order valence-electron chi connectivity index (χ4n) is 2.68. The van der Waals surface area contributed by atoms with Crippen LogP contribution in [0.25, 0.3) is 27.9 Å². The average Bonchev–Trinajstić information content (AvgIpc) is 2.89. The number of rotatable bonds is 2. The van der Waals surface area contributed by atoms with Gasteiger partial charge in [0, 0.05) is 11.9 Å². The lowest BCUT2D eigenvalue weighted by molar-refractivity contribution is 0.415. The number of aromatic nitrogens is 3. The van der Waals surface area contributed by atoms with E-state index in [2.05, 4.69) is 17.7 Å². The Morgan fingerprint density at radius 1 is 0.909 bits per heavy atom. The summed E-state index contributed by atoms with van der Waals surface area (Å²) in [6.45, 7) is 2.06. The minimum Gasteiger partial charge on any atom is -0.497 e. The number of fused-ring (bicyclic) bond motifs is 2. The summed E-state index contributed by atoms with van der Waals surface area (Å²) in [6, 6.07) is 15.9. The Morgan fingerprint density at radius 3 is 2.27 bits per heavy atom. The quantitative estimate of drug-likeness (QED) is 0.562. The molecule has 0 aliphatic rings. The summed E-state index contributed by atoms with van der Waals surface area (Å²) in [5, 5.41) is 0. The Morgan fingerprint density at radius 2 is 1.59 bits per heavy atom. The van der Waals surface area contributed by atoms with Crippen molar-refractivity contribution in [3.63, 3.8) is 0 Å². The molecule has 2 aromatic carbocycles. The van der Waals surface area contributed by atoms with Gasteiger partial charge in [0.05, 0.1) is 18.1 Å². The second-order valence-corrected chi connectivity index (χ2v) is 5.26. The summed E-state index contributed by atoms with van der Waals surface area (Å²) in [5.74, 6) is 0.841. The molecular weight excluding hydrogens is 274 g/mol. The maximum Gasteiger partial charge on any atom is 0.164 e. The van der Waals surface area contributed by atoms with Crippen LogP contribution >= 0.6 is 0 Å². The molecule has 4 rings (SSSR count). The number of benzene rings is 2. The van der Waals surface area contributed by atoms with Gasteiger partial charge in [-0.3, -0.25) is 4.57 Å². The fourth-order valence-corrected chi connectivity index (χ4v) is 2.68. The SMILES string of the molecule is COc1ccc(-n2cc(C)c3nc4ccccc4nc32)cc1. The minimum atomic E-state index is 0.841. The van der Waals surface area contributed by atoms with E-state index in [4.69, 9.17) is 14.7 Å². The van der Waals surface area contributed by atoms with Crippen molar-refractivity contribution in [3.05, 3.63) is 60.3 Å². The van der Waals surface area contributed by atoms with Crippen molar-refractivity contribution in [2.45, 2.75) is 6.92 Å². The van der Waals surface area contributed by atoms with Gasteiger partial charge in [0.15, 0.2) is 5.65 Å². The van der Waals surface area contributed by atoms with Crippen LogP contribution in [-0.2, 0) is 0 Å². The Balaban J connectivity index is 1.98. The third kappa shape index (κ3) is 1.92. The van der Waals surface area contributed by atoms with Gasteiger partial charge in [-0.2, -0.15) is 0 Å². The topological polar surface area (TPSA) is 39.9 Å². The highest BCUT2D eigenvalue weighted by Crippen LogP contribution is 2.25. The Labute approximate surface area is 128 Å². The molecule has 0 bridgehead atoms. The lowest BCUT2D eigenvalue weighted by atomic mass is 10.3. The maximum atomic E-state index is 5.22. The van der Waals surface area contributed by atoms with Gasteiger partial charge in [0.25, 0.3) is 0 Å². The molecule has 22 heavy (non-hydrogen) atoms. The van der Waals surface area contributed by atoms with Crippen molar-refractivity contribution in [2.75, 3.05) is 7.11 Å². The summed E-state index contributed by atoms with van der Waals surface area (Å²) in [5.41, 5.74) is 5.80. The van der Waals surface area contributed by atoms with E-state index in [0.717, 1.165) is 39.2 Å². The van der Waals surface area contributed by atoms with Crippen molar-refractivity contribution < 1.29 is 4.74 Å². The molecule has 4 aromatic rings. The molecule has 0 unspecified atom stereocenters. The lowest BCUT2D eigenvalue weighted by Gasteiger charge is -2.06. The zero-order valence-electron chi connectivity index (χ0n) is 12.4. The molecule has 0 amide bonds. The van der Waals surface area contributed by atoms with Crippen LogP contribution in [0.2, 0.25) is 0 Å². The first-order valence-electron chi connectivity index (χ1n) is 7.15. The van der Waals surface area contributed by atoms with E-state index in [9.17, 15) is 0 Å². The Bertz CT molecular complexity index is 971. The molecule has 2 heterocycles. The van der Waals surface area contributed by atoms with Gasteiger partial charge < -0.3 is 4.74 Å². The number of hydrogen-bond donors (Lipinski definition) is 0. The van der Waals surface area contributed by atoms with Gasteiger partial charge in [0.2, 0.25) is 0 Å². The average molecular weight is 289 g/mol. The minimum absolute atomic E-state index is 0.841. The molecule has 0 radical (unpaired) electrons. The van der Waals surface area contributed by atoms with Gasteiger partial charge in [-0.25, -0.2) is 9.97 Å². The van der Waals surface area contributed by atoms with Crippen LogP contribution in [0.15, 0.2) is 54.7 Å². The second-order valence-electron chi connectivity index (χ2n) is 5.26. The highest BCUT2D eigenvalue weighted by atomic mass is 16.5. The standard InChI is InChI=1S/C18H15N3O/c1-12-11-21(13-7-9-14(22-2)10-8-13)18-17(12)19-15-5-3-4-6-16(15)20-18/h3-11H,1-2H3. The first kappa shape index (κ1) is 12.8. The normalized spacial score (nSPS) is 11.2. The summed E-state index contributed by atoms with van der Waals surface area (Å²) in [6.07, 6.45) is 2.07. The smallest absolute Gasteiger partial charge is 0.164 e. The first-order chi connectivity index (χ1) is 10.8.